The second-order valence-corrected chi connectivity index (χ2v) is 8.50. The van der Waals surface area contributed by atoms with Gasteiger partial charge in [-0.3, -0.25) is 0 Å². The Labute approximate surface area is 132 Å². The van der Waals surface area contributed by atoms with Gasteiger partial charge in [0.1, 0.15) is 0 Å². The van der Waals surface area contributed by atoms with Gasteiger partial charge in [-0.15, -0.1) is 0 Å². The molecule has 1 aliphatic carbocycles. The van der Waals surface area contributed by atoms with Crippen LogP contribution in [0.3, 0.4) is 0 Å². The fraction of sp³-hybridized carbons (Fsp3) is 0.588. The van der Waals surface area contributed by atoms with Gasteiger partial charge in [0.25, 0.3) is 0 Å². The normalized spacial score (nSPS) is 24.0. The van der Waals surface area contributed by atoms with Gasteiger partial charge in [0.15, 0.2) is 0 Å². The summed E-state index contributed by atoms with van der Waals surface area (Å²) in [7, 11) is -3.31. The van der Waals surface area contributed by atoms with Crippen LogP contribution in [-0.4, -0.2) is 31.1 Å². The molecule has 1 aliphatic heterocycles. The van der Waals surface area contributed by atoms with E-state index in [1.54, 1.807) is 4.31 Å². The number of sulfonamides is 1. The molecule has 22 heavy (non-hydrogen) atoms. The number of hydrogen-bond donors (Lipinski definition) is 0. The monoisotopic (exact) mass is 318 g/mol. The summed E-state index contributed by atoms with van der Waals surface area (Å²) in [6.07, 6.45) is 5.09. The SMILES string of the molecule is N#CC1(CS(=O)(=O)N2CCC[C@@H]2CCc2ccccc2)CC1. The van der Waals surface area contributed by atoms with Crippen molar-refractivity contribution in [2.45, 2.75) is 44.6 Å². The lowest BCUT2D eigenvalue weighted by Gasteiger charge is -2.25. The Bertz CT molecular complexity index is 660. The molecule has 0 bridgehead atoms. The molecule has 1 saturated carbocycles. The van der Waals surface area contributed by atoms with E-state index in [0.717, 1.165) is 38.5 Å². The molecular weight excluding hydrogens is 296 g/mol. The fourth-order valence-electron chi connectivity index (χ4n) is 3.31. The molecule has 0 radical (unpaired) electrons. The first-order valence-electron chi connectivity index (χ1n) is 7.99. The summed E-state index contributed by atoms with van der Waals surface area (Å²) in [5.74, 6) is 0.0122. The summed E-state index contributed by atoms with van der Waals surface area (Å²) in [6, 6.07) is 12.5. The molecule has 2 fully saturated rings. The largest absolute Gasteiger partial charge is 0.215 e. The van der Waals surface area contributed by atoms with Crippen LogP contribution in [-0.2, 0) is 16.4 Å². The van der Waals surface area contributed by atoms with E-state index in [9.17, 15) is 8.42 Å². The zero-order valence-electron chi connectivity index (χ0n) is 12.7. The number of rotatable bonds is 6. The first-order valence-corrected chi connectivity index (χ1v) is 9.60. The molecule has 4 nitrogen and oxygen atoms in total. The summed E-state index contributed by atoms with van der Waals surface area (Å²) in [4.78, 5) is 0. The van der Waals surface area contributed by atoms with Crippen LogP contribution in [0.25, 0.3) is 0 Å². The average molecular weight is 318 g/mol. The van der Waals surface area contributed by atoms with Crippen LogP contribution in [0, 0.1) is 16.7 Å². The number of nitrogens with zero attached hydrogens (tertiary/aromatic N) is 2. The quantitative estimate of drug-likeness (QED) is 0.810. The Hall–Kier alpha value is -1.38. The third-order valence-corrected chi connectivity index (χ3v) is 6.95. The maximum Gasteiger partial charge on any atom is 0.215 e. The van der Waals surface area contributed by atoms with Crippen molar-refractivity contribution in [2.24, 2.45) is 5.41 Å². The minimum absolute atomic E-state index is 0.0122. The summed E-state index contributed by atoms with van der Waals surface area (Å²) in [6.45, 7) is 0.614. The lowest BCUT2D eigenvalue weighted by Crippen LogP contribution is -2.39. The summed E-state index contributed by atoms with van der Waals surface area (Å²) in [5.41, 5.74) is 0.660. The Morgan fingerprint density at radius 1 is 1.27 bits per heavy atom. The second kappa shape index (κ2) is 6.02. The van der Waals surface area contributed by atoms with Crippen LogP contribution < -0.4 is 0 Å². The van der Waals surface area contributed by atoms with Gasteiger partial charge in [0.2, 0.25) is 10.0 Å². The van der Waals surface area contributed by atoms with Crippen molar-refractivity contribution in [1.29, 1.82) is 5.26 Å². The van der Waals surface area contributed by atoms with E-state index in [2.05, 4.69) is 18.2 Å². The lowest BCUT2D eigenvalue weighted by atomic mass is 10.0. The Balaban J connectivity index is 1.64. The minimum Gasteiger partial charge on any atom is -0.212 e. The number of benzene rings is 1. The van der Waals surface area contributed by atoms with Crippen LogP contribution in [0.5, 0.6) is 0 Å². The van der Waals surface area contributed by atoms with Gasteiger partial charge >= 0.3 is 0 Å². The number of nitriles is 1. The van der Waals surface area contributed by atoms with Crippen LogP contribution in [0.1, 0.15) is 37.7 Å². The van der Waals surface area contributed by atoms with Gasteiger partial charge in [-0.2, -0.15) is 9.57 Å². The van der Waals surface area contributed by atoms with Crippen LogP contribution in [0.2, 0.25) is 0 Å². The lowest BCUT2D eigenvalue weighted by molar-refractivity contribution is 0.368. The molecule has 5 heteroatoms. The van der Waals surface area contributed by atoms with E-state index < -0.39 is 15.4 Å². The number of aryl methyl sites for hydroxylation is 1. The third-order valence-electron chi connectivity index (χ3n) is 4.84. The second-order valence-electron chi connectivity index (χ2n) is 6.58. The van der Waals surface area contributed by atoms with E-state index >= 15 is 0 Å². The molecule has 0 unspecified atom stereocenters. The van der Waals surface area contributed by atoms with Gasteiger partial charge in [-0.1, -0.05) is 30.3 Å². The summed E-state index contributed by atoms with van der Waals surface area (Å²) >= 11 is 0. The van der Waals surface area contributed by atoms with Crippen molar-refractivity contribution in [2.75, 3.05) is 12.3 Å². The topological polar surface area (TPSA) is 61.2 Å². The van der Waals surface area contributed by atoms with Crippen LogP contribution >= 0.6 is 0 Å². The van der Waals surface area contributed by atoms with E-state index in [1.807, 2.05) is 18.2 Å². The van der Waals surface area contributed by atoms with Crippen molar-refractivity contribution < 1.29 is 8.42 Å². The fourth-order valence-corrected chi connectivity index (χ4v) is 5.60. The predicted octanol–water partition coefficient (Wildman–Crippen LogP) is 2.72. The van der Waals surface area contributed by atoms with Gasteiger partial charge in [0.05, 0.1) is 17.2 Å². The molecule has 0 N–H and O–H groups in total. The molecule has 1 saturated heterocycles. The number of hydrogen-bond acceptors (Lipinski definition) is 3. The maximum absolute atomic E-state index is 12.6. The molecule has 118 valence electrons. The summed E-state index contributed by atoms with van der Waals surface area (Å²) < 4.78 is 27.0. The van der Waals surface area contributed by atoms with Crippen molar-refractivity contribution >= 4 is 10.0 Å². The molecule has 1 heterocycles. The highest BCUT2D eigenvalue weighted by Gasteiger charge is 2.49. The van der Waals surface area contributed by atoms with E-state index in [-0.39, 0.29) is 11.8 Å². The zero-order chi connectivity index (χ0) is 15.6. The van der Waals surface area contributed by atoms with Gasteiger partial charge in [-0.25, -0.2) is 8.42 Å². The molecule has 1 aromatic carbocycles. The molecule has 0 spiro atoms. The molecule has 0 amide bonds. The maximum atomic E-state index is 12.6. The standard InChI is InChI=1S/C17H22N2O2S/c18-13-17(10-11-17)14-22(20,21)19-12-4-7-16(19)9-8-15-5-2-1-3-6-15/h1-3,5-6,16H,4,7-12,14H2/t16-/m1/s1. The van der Waals surface area contributed by atoms with E-state index in [0.29, 0.717) is 6.54 Å². The third kappa shape index (κ3) is 3.34. The molecule has 0 aromatic heterocycles. The van der Waals surface area contributed by atoms with Crippen molar-refractivity contribution in [1.82, 2.24) is 4.31 Å². The van der Waals surface area contributed by atoms with Crippen LogP contribution in [0.4, 0.5) is 0 Å². The molecule has 3 rings (SSSR count). The van der Waals surface area contributed by atoms with Gasteiger partial charge < -0.3 is 0 Å². The van der Waals surface area contributed by atoms with Crippen molar-refractivity contribution in [3.05, 3.63) is 35.9 Å². The Kier molecular flexibility index (Phi) is 4.24. The predicted molar refractivity (Wildman–Crippen MR) is 85.6 cm³/mol. The smallest absolute Gasteiger partial charge is 0.212 e. The molecule has 1 aromatic rings. The van der Waals surface area contributed by atoms with E-state index in [4.69, 9.17) is 5.26 Å². The first kappa shape index (κ1) is 15.5. The highest BCUT2D eigenvalue weighted by molar-refractivity contribution is 7.89. The summed E-state index contributed by atoms with van der Waals surface area (Å²) in [5, 5.41) is 9.15. The Morgan fingerprint density at radius 2 is 2.00 bits per heavy atom. The molecular formula is C17H22N2O2S. The molecule has 2 aliphatic rings. The average Bonchev–Trinajstić information content (AvgIpc) is 3.11. The highest BCUT2D eigenvalue weighted by atomic mass is 32.2. The highest BCUT2D eigenvalue weighted by Crippen LogP contribution is 2.46. The van der Waals surface area contributed by atoms with E-state index in [1.165, 1.54) is 5.56 Å². The minimum atomic E-state index is -3.31. The van der Waals surface area contributed by atoms with Crippen LogP contribution in [0.15, 0.2) is 30.3 Å². The molecule has 1 atom stereocenters. The van der Waals surface area contributed by atoms with Crippen molar-refractivity contribution in [3.63, 3.8) is 0 Å². The Morgan fingerprint density at radius 3 is 2.64 bits per heavy atom. The van der Waals surface area contributed by atoms with Crippen molar-refractivity contribution in [3.8, 4) is 6.07 Å². The zero-order valence-corrected chi connectivity index (χ0v) is 13.6. The first-order chi connectivity index (χ1) is 10.5. The van der Waals surface area contributed by atoms with Gasteiger partial charge in [-0.05, 0) is 44.1 Å². The van der Waals surface area contributed by atoms with Gasteiger partial charge in [0, 0.05) is 12.6 Å².